The fraction of sp³-hybridized carbons (Fsp3) is 0.250. The van der Waals surface area contributed by atoms with Crippen molar-refractivity contribution in [3.8, 4) is 0 Å². The van der Waals surface area contributed by atoms with Crippen LogP contribution in [0.25, 0.3) is 0 Å². The number of hydrogen-bond acceptors (Lipinski definition) is 2. The van der Waals surface area contributed by atoms with Crippen LogP contribution in [0.2, 0.25) is 0 Å². The number of carbonyl (C=O) groups is 1. The van der Waals surface area contributed by atoms with Gasteiger partial charge in [-0.1, -0.05) is 6.08 Å². The summed E-state index contributed by atoms with van der Waals surface area (Å²) >= 11 is 0. The molecule has 0 radical (unpaired) electrons. The van der Waals surface area contributed by atoms with Gasteiger partial charge in [0.05, 0.1) is 0 Å². The van der Waals surface area contributed by atoms with Crippen LogP contribution in [0.3, 0.4) is 0 Å². The molecule has 0 aliphatic carbocycles. The Morgan fingerprint density at radius 3 is 2.33 bits per heavy atom. The van der Waals surface area contributed by atoms with E-state index in [4.69, 9.17) is 0 Å². The van der Waals surface area contributed by atoms with Crippen molar-refractivity contribution in [1.29, 1.82) is 0 Å². The van der Waals surface area contributed by atoms with Gasteiger partial charge >= 0.3 is 0 Å². The lowest BCUT2D eigenvalue weighted by Crippen LogP contribution is -2.10. The van der Waals surface area contributed by atoms with Crippen molar-refractivity contribution in [3.05, 3.63) is 36.4 Å². The molecule has 3 heteroatoms. The van der Waals surface area contributed by atoms with Crippen LogP contribution in [-0.4, -0.2) is 20.0 Å². The summed E-state index contributed by atoms with van der Waals surface area (Å²) < 4.78 is 0. The Hall–Kier alpha value is -1.77. The summed E-state index contributed by atoms with van der Waals surface area (Å²) in [7, 11) is 3.96. The van der Waals surface area contributed by atoms with E-state index in [1.165, 1.54) is 6.08 Å². The van der Waals surface area contributed by atoms with Crippen LogP contribution < -0.4 is 10.2 Å². The third-order valence-electron chi connectivity index (χ3n) is 1.97. The molecule has 0 spiro atoms. The van der Waals surface area contributed by atoms with Gasteiger partial charge in [-0.05, 0) is 37.3 Å². The number of nitrogens with zero attached hydrogens (tertiary/aromatic N) is 1. The average molecular weight is 204 g/mol. The topological polar surface area (TPSA) is 32.3 Å². The standard InChI is InChI=1S/C12H16N2O/c1-4-5-12(15)13-10-6-8-11(9-7-10)14(2)3/h4-9H,1-3H3,(H,13,15)/b5-4+. The van der Waals surface area contributed by atoms with Gasteiger partial charge in [-0.25, -0.2) is 0 Å². The molecule has 0 saturated heterocycles. The molecule has 0 aliphatic heterocycles. The minimum atomic E-state index is -0.102. The highest BCUT2D eigenvalue weighted by molar-refractivity contribution is 5.99. The number of anilines is 2. The summed E-state index contributed by atoms with van der Waals surface area (Å²) in [5, 5.41) is 2.76. The maximum absolute atomic E-state index is 11.2. The first-order valence-electron chi connectivity index (χ1n) is 4.84. The van der Waals surface area contributed by atoms with E-state index in [0.717, 1.165) is 11.4 Å². The summed E-state index contributed by atoms with van der Waals surface area (Å²) in [6.45, 7) is 1.81. The van der Waals surface area contributed by atoms with E-state index >= 15 is 0 Å². The van der Waals surface area contributed by atoms with Gasteiger partial charge in [0.25, 0.3) is 0 Å². The molecular weight excluding hydrogens is 188 g/mol. The van der Waals surface area contributed by atoms with E-state index in [9.17, 15) is 4.79 Å². The fourth-order valence-electron chi connectivity index (χ4n) is 1.18. The molecule has 1 rings (SSSR count). The highest BCUT2D eigenvalue weighted by Crippen LogP contribution is 2.15. The van der Waals surface area contributed by atoms with Gasteiger partial charge in [-0.3, -0.25) is 4.79 Å². The number of hydrogen-bond donors (Lipinski definition) is 1. The molecule has 1 aromatic rings. The van der Waals surface area contributed by atoms with Crippen LogP contribution in [0.4, 0.5) is 11.4 Å². The number of nitrogens with one attached hydrogen (secondary N) is 1. The van der Waals surface area contributed by atoms with Crippen LogP contribution in [0.1, 0.15) is 6.92 Å². The molecule has 1 N–H and O–H groups in total. The van der Waals surface area contributed by atoms with Crippen molar-refractivity contribution >= 4 is 17.3 Å². The molecule has 0 fully saturated rings. The van der Waals surface area contributed by atoms with Crippen molar-refractivity contribution in [2.24, 2.45) is 0 Å². The number of amides is 1. The second-order valence-electron chi connectivity index (χ2n) is 3.43. The lowest BCUT2D eigenvalue weighted by atomic mass is 10.2. The van der Waals surface area contributed by atoms with Gasteiger partial charge < -0.3 is 10.2 Å². The number of benzene rings is 1. The minimum Gasteiger partial charge on any atom is -0.378 e. The molecule has 0 heterocycles. The number of rotatable bonds is 3. The maximum Gasteiger partial charge on any atom is 0.248 e. The van der Waals surface area contributed by atoms with E-state index in [1.54, 1.807) is 6.08 Å². The Morgan fingerprint density at radius 1 is 1.27 bits per heavy atom. The first-order chi connectivity index (χ1) is 7.13. The molecule has 0 atom stereocenters. The summed E-state index contributed by atoms with van der Waals surface area (Å²) in [6, 6.07) is 7.70. The van der Waals surface area contributed by atoms with Crippen molar-refractivity contribution in [1.82, 2.24) is 0 Å². The molecule has 15 heavy (non-hydrogen) atoms. The molecule has 1 amide bonds. The number of carbonyl (C=O) groups excluding carboxylic acids is 1. The van der Waals surface area contributed by atoms with E-state index in [1.807, 2.05) is 50.2 Å². The molecule has 0 saturated carbocycles. The first kappa shape index (κ1) is 11.3. The normalized spacial score (nSPS) is 10.3. The van der Waals surface area contributed by atoms with E-state index in [2.05, 4.69) is 5.32 Å². The Bertz CT molecular complexity index is 352. The zero-order valence-corrected chi connectivity index (χ0v) is 9.32. The predicted molar refractivity (Wildman–Crippen MR) is 64.2 cm³/mol. The third-order valence-corrected chi connectivity index (χ3v) is 1.97. The van der Waals surface area contributed by atoms with Gasteiger partial charge in [0.15, 0.2) is 0 Å². The summed E-state index contributed by atoms with van der Waals surface area (Å²) in [6.07, 6.45) is 3.21. The highest BCUT2D eigenvalue weighted by atomic mass is 16.1. The van der Waals surface area contributed by atoms with E-state index in [0.29, 0.717) is 0 Å². The Kier molecular flexibility index (Phi) is 3.92. The molecule has 80 valence electrons. The van der Waals surface area contributed by atoms with Gasteiger partial charge in [-0.2, -0.15) is 0 Å². The summed E-state index contributed by atoms with van der Waals surface area (Å²) in [4.78, 5) is 13.2. The summed E-state index contributed by atoms with van der Waals surface area (Å²) in [5.41, 5.74) is 1.92. The van der Waals surface area contributed by atoms with Gasteiger partial charge in [0.2, 0.25) is 5.91 Å². The van der Waals surface area contributed by atoms with Gasteiger partial charge in [-0.15, -0.1) is 0 Å². The first-order valence-corrected chi connectivity index (χ1v) is 4.84. The van der Waals surface area contributed by atoms with E-state index in [-0.39, 0.29) is 5.91 Å². The molecule has 0 aliphatic rings. The molecule has 1 aromatic carbocycles. The molecule has 3 nitrogen and oxygen atoms in total. The monoisotopic (exact) mass is 204 g/mol. The van der Waals surface area contributed by atoms with Gasteiger partial charge in [0.1, 0.15) is 0 Å². The number of allylic oxidation sites excluding steroid dienone is 1. The lowest BCUT2D eigenvalue weighted by Gasteiger charge is -2.12. The highest BCUT2D eigenvalue weighted by Gasteiger charge is 1.98. The zero-order chi connectivity index (χ0) is 11.3. The van der Waals surface area contributed by atoms with Crippen molar-refractivity contribution in [2.75, 3.05) is 24.3 Å². The van der Waals surface area contributed by atoms with E-state index < -0.39 is 0 Å². The van der Waals surface area contributed by atoms with Crippen LogP contribution in [0.15, 0.2) is 36.4 Å². The zero-order valence-electron chi connectivity index (χ0n) is 9.32. The molecule has 0 bridgehead atoms. The quantitative estimate of drug-likeness (QED) is 0.766. The van der Waals surface area contributed by atoms with Crippen molar-refractivity contribution < 1.29 is 4.79 Å². The van der Waals surface area contributed by atoms with Crippen LogP contribution in [0.5, 0.6) is 0 Å². The molecule has 0 unspecified atom stereocenters. The second kappa shape index (κ2) is 5.20. The molecule has 0 aromatic heterocycles. The van der Waals surface area contributed by atoms with Crippen LogP contribution in [0, 0.1) is 0 Å². The summed E-state index contributed by atoms with van der Waals surface area (Å²) in [5.74, 6) is -0.102. The Balaban J connectivity index is 2.68. The Labute approximate surface area is 90.4 Å². The third kappa shape index (κ3) is 3.46. The average Bonchev–Trinajstić information content (AvgIpc) is 2.18. The molecular formula is C12H16N2O. The SMILES string of the molecule is C/C=C/C(=O)Nc1ccc(N(C)C)cc1. The lowest BCUT2D eigenvalue weighted by molar-refractivity contribution is -0.111. The van der Waals surface area contributed by atoms with Crippen LogP contribution >= 0.6 is 0 Å². The largest absolute Gasteiger partial charge is 0.378 e. The second-order valence-corrected chi connectivity index (χ2v) is 3.43. The van der Waals surface area contributed by atoms with Gasteiger partial charge in [0, 0.05) is 25.5 Å². The van der Waals surface area contributed by atoms with Crippen molar-refractivity contribution in [2.45, 2.75) is 6.92 Å². The van der Waals surface area contributed by atoms with Crippen LogP contribution in [-0.2, 0) is 4.79 Å². The maximum atomic E-state index is 11.2. The Morgan fingerprint density at radius 2 is 1.87 bits per heavy atom. The van der Waals surface area contributed by atoms with Crippen molar-refractivity contribution in [3.63, 3.8) is 0 Å². The predicted octanol–water partition coefficient (Wildman–Crippen LogP) is 2.27. The fourth-order valence-corrected chi connectivity index (χ4v) is 1.18. The smallest absolute Gasteiger partial charge is 0.248 e. The minimum absolute atomic E-state index is 0.102.